The average Bonchev–Trinajstić information content (AvgIpc) is 3.43. The second kappa shape index (κ2) is 8.66. The standard InChI is InChI=1S/C22H27N3OS3/c1-14(2)12-25-16(4)15(3)23-22(25)29-13-20(26)24-9-7-18-17(8-11-28-18)21(24)19-6-5-10-27-19/h5-6,8,10-11,14,21H,7,9,12-13H2,1-4H3. The van der Waals surface area contributed by atoms with E-state index in [-0.39, 0.29) is 11.9 Å². The molecule has 7 heteroatoms. The zero-order valence-corrected chi connectivity index (χ0v) is 19.8. The minimum atomic E-state index is 0.0528. The summed E-state index contributed by atoms with van der Waals surface area (Å²) in [7, 11) is 0. The third kappa shape index (κ3) is 4.18. The fourth-order valence-corrected chi connectivity index (χ4v) is 6.61. The number of fused-ring (bicyclic) bond motifs is 1. The molecule has 0 N–H and O–H groups in total. The van der Waals surface area contributed by atoms with Crippen molar-refractivity contribution in [3.8, 4) is 0 Å². The molecule has 0 aliphatic carbocycles. The number of amides is 1. The SMILES string of the molecule is Cc1nc(SCC(=O)N2CCc3sccc3C2c2cccs2)n(CC(C)C)c1C. The summed E-state index contributed by atoms with van der Waals surface area (Å²) >= 11 is 5.12. The summed E-state index contributed by atoms with van der Waals surface area (Å²) in [5, 5.41) is 5.21. The van der Waals surface area contributed by atoms with Crippen molar-refractivity contribution in [3.05, 3.63) is 55.7 Å². The van der Waals surface area contributed by atoms with E-state index in [9.17, 15) is 4.79 Å². The largest absolute Gasteiger partial charge is 0.330 e. The van der Waals surface area contributed by atoms with Gasteiger partial charge < -0.3 is 9.47 Å². The Kier molecular flexibility index (Phi) is 6.18. The first-order valence-corrected chi connectivity index (χ1v) is 12.8. The molecule has 1 amide bonds. The van der Waals surface area contributed by atoms with Crippen LogP contribution in [-0.4, -0.2) is 32.7 Å². The molecule has 1 atom stereocenters. The molecule has 3 aromatic heterocycles. The van der Waals surface area contributed by atoms with Crippen molar-refractivity contribution in [3.63, 3.8) is 0 Å². The Bertz CT molecular complexity index is 987. The van der Waals surface area contributed by atoms with Crippen LogP contribution in [-0.2, 0) is 17.8 Å². The van der Waals surface area contributed by atoms with Gasteiger partial charge in [-0.05, 0) is 54.6 Å². The van der Waals surface area contributed by atoms with Gasteiger partial charge in [0.25, 0.3) is 0 Å². The quantitative estimate of drug-likeness (QED) is 0.467. The molecule has 4 heterocycles. The topological polar surface area (TPSA) is 38.1 Å². The number of rotatable bonds is 6. The van der Waals surface area contributed by atoms with E-state index in [1.807, 2.05) is 18.3 Å². The number of thiophene rings is 2. The molecule has 4 rings (SSSR count). The van der Waals surface area contributed by atoms with Gasteiger partial charge in [-0.2, -0.15) is 0 Å². The zero-order valence-electron chi connectivity index (χ0n) is 17.3. The first-order valence-electron chi connectivity index (χ1n) is 10.0. The fraction of sp³-hybridized carbons (Fsp3) is 0.455. The average molecular weight is 446 g/mol. The Labute approximate surface area is 185 Å². The Balaban J connectivity index is 1.54. The molecule has 0 spiro atoms. The van der Waals surface area contributed by atoms with E-state index in [0.29, 0.717) is 11.7 Å². The molecule has 1 unspecified atom stereocenters. The van der Waals surface area contributed by atoms with Gasteiger partial charge in [0.05, 0.1) is 17.5 Å². The highest BCUT2D eigenvalue weighted by Gasteiger charge is 2.33. The summed E-state index contributed by atoms with van der Waals surface area (Å²) in [6, 6.07) is 6.47. The number of imidazole rings is 1. The number of thioether (sulfide) groups is 1. The Morgan fingerprint density at radius 2 is 2.10 bits per heavy atom. The predicted molar refractivity (Wildman–Crippen MR) is 123 cm³/mol. The van der Waals surface area contributed by atoms with Gasteiger partial charge in [0.2, 0.25) is 5.91 Å². The van der Waals surface area contributed by atoms with Crippen molar-refractivity contribution in [2.24, 2.45) is 5.92 Å². The van der Waals surface area contributed by atoms with Gasteiger partial charge >= 0.3 is 0 Å². The normalized spacial score (nSPS) is 16.4. The van der Waals surface area contributed by atoms with Gasteiger partial charge in [0.15, 0.2) is 5.16 Å². The van der Waals surface area contributed by atoms with E-state index in [1.165, 1.54) is 21.0 Å². The molecule has 1 aliphatic rings. The molecule has 0 aromatic carbocycles. The summed E-state index contributed by atoms with van der Waals surface area (Å²) in [6.07, 6.45) is 0.950. The summed E-state index contributed by atoms with van der Waals surface area (Å²) in [6.45, 7) is 10.3. The molecule has 29 heavy (non-hydrogen) atoms. The lowest BCUT2D eigenvalue weighted by Gasteiger charge is -2.35. The van der Waals surface area contributed by atoms with Crippen LogP contribution in [0.1, 0.15) is 46.6 Å². The number of carbonyl (C=O) groups excluding carboxylic acids is 1. The third-order valence-electron chi connectivity index (χ3n) is 5.39. The first-order chi connectivity index (χ1) is 14.0. The van der Waals surface area contributed by atoms with E-state index in [1.54, 1.807) is 23.1 Å². The van der Waals surface area contributed by atoms with Gasteiger partial charge in [0, 0.05) is 28.5 Å². The number of aryl methyl sites for hydroxylation is 1. The van der Waals surface area contributed by atoms with Crippen LogP contribution in [0.2, 0.25) is 0 Å². The molecule has 154 valence electrons. The van der Waals surface area contributed by atoms with E-state index < -0.39 is 0 Å². The molecule has 3 aromatic rings. The molecule has 0 radical (unpaired) electrons. The number of carbonyl (C=O) groups is 1. The third-order valence-corrected chi connectivity index (χ3v) is 8.28. The smallest absolute Gasteiger partial charge is 0.233 e. The lowest BCUT2D eigenvalue weighted by Crippen LogP contribution is -2.40. The highest BCUT2D eigenvalue weighted by Crippen LogP contribution is 2.40. The van der Waals surface area contributed by atoms with Crippen LogP contribution in [0.5, 0.6) is 0 Å². The van der Waals surface area contributed by atoms with E-state index in [4.69, 9.17) is 4.98 Å². The monoisotopic (exact) mass is 445 g/mol. The lowest BCUT2D eigenvalue weighted by atomic mass is 9.98. The minimum absolute atomic E-state index is 0.0528. The van der Waals surface area contributed by atoms with Crippen molar-refractivity contribution < 1.29 is 4.79 Å². The van der Waals surface area contributed by atoms with Gasteiger partial charge in [-0.25, -0.2) is 4.98 Å². The van der Waals surface area contributed by atoms with Gasteiger partial charge in [-0.15, -0.1) is 22.7 Å². The molecule has 0 bridgehead atoms. The Morgan fingerprint density at radius 3 is 2.83 bits per heavy atom. The fourth-order valence-electron chi connectivity index (χ4n) is 3.86. The van der Waals surface area contributed by atoms with E-state index in [0.717, 1.165) is 30.4 Å². The highest BCUT2D eigenvalue weighted by atomic mass is 32.2. The summed E-state index contributed by atoms with van der Waals surface area (Å²) in [5.41, 5.74) is 3.55. The second-order valence-electron chi connectivity index (χ2n) is 7.91. The molecule has 0 saturated carbocycles. The summed E-state index contributed by atoms with van der Waals surface area (Å²) in [4.78, 5) is 22.8. The minimum Gasteiger partial charge on any atom is -0.330 e. The zero-order chi connectivity index (χ0) is 20.5. The van der Waals surface area contributed by atoms with Crippen LogP contribution in [0.25, 0.3) is 0 Å². The first kappa shape index (κ1) is 20.7. The molecule has 0 fully saturated rings. The molecular weight excluding hydrogens is 418 g/mol. The molecule has 4 nitrogen and oxygen atoms in total. The lowest BCUT2D eigenvalue weighted by molar-refractivity contribution is -0.130. The van der Waals surface area contributed by atoms with Crippen LogP contribution in [0.3, 0.4) is 0 Å². The van der Waals surface area contributed by atoms with Crippen molar-refractivity contribution >= 4 is 40.3 Å². The molecule has 0 saturated heterocycles. The number of hydrogen-bond donors (Lipinski definition) is 0. The number of hydrogen-bond acceptors (Lipinski definition) is 5. The van der Waals surface area contributed by atoms with Crippen LogP contribution in [0.4, 0.5) is 0 Å². The second-order valence-corrected chi connectivity index (χ2v) is 10.8. The highest BCUT2D eigenvalue weighted by molar-refractivity contribution is 7.99. The van der Waals surface area contributed by atoms with Crippen molar-refractivity contribution in [2.75, 3.05) is 12.3 Å². The van der Waals surface area contributed by atoms with Crippen molar-refractivity contribution in [1.82, 2.24) is 14.5 Å². The van der Waals surface area contributed by atoms with Crippen LogP contribution in [0.15, 0.2) is 34.1 Å². The van der Waals surface area contributed by atoms with Crippen molar-refractivity contribution in [2.45, 2.75) is 51.9 Å². The Hall–Kier alpha value is -1.57. The summed E-state index contributed by atoms with van der Waals surface area (Å²) in [5.74, 6) is 1.16. The van der Waals surface area contributed by atoms with Gasteiger partial charge in [-0.1, -0.05) is 31.7 Å². The van der Waals surface area contributed by atoms with E-state index >= 15 is 0 Å². The predicted octanol–water partition coefficient (Wildman–Crippen LogP) is 5.55. The van der Waals surface area contributed by atoms with Gasteiger partial charge in [-0.3, -0.25) is 4.79 Å². The maximum atomic E-state index is 13.3. The van der Waals surface area contributed by atoms with Crippen molar-refractivity contribution in [1.29, 1.82) is 0 Å². The molecule has 1 aliphatic heterocycles. The van der Waals surface area contributed by atoms with Crippen LogP contribution in [0, 0.1) is 19.8 Å². The summed E-state index contributed by atoms with van der Waals surface area (Å²) < 4.78 is 2.27. The van der Waals surface area contributed by atoms with Crippen LogP contribution >= 0.6 is 34.4 Å². The Morgan fingerprint density at radius 1 is 1.28 bits per heavy atom. The number of aromatic nitrogens is 2. The van der Waals surface area contributed by atoms with E-state index in [2.05, 4.69) is 59.2 Å². The maximum absolute atomic E-state index is 13.3. The maximum Gasteiger partial charge on any atom is 0.233 e. The number of nitrogens with zero attached hydrogens (tertiary/aromatic N) is 3. The van der Waals surface area contributed by atoms with Crippen LogP contribution < -0.4 is 0 Å². The van der Waals surface area contributed by atoms with Gasteiger partial charge in [0.1, 0.15) is 0 Å². The molecular formula is C22H27N3OS3.